The summed E-state index contributed by atoms with van der Waals surface area (Å²) in [5, 5.41) is 3.52. The Morgan fingerprint density at radius 3 is 2.65 bits per heavy atom. The Hall–Kier alpha value is -0.760. The predicted octanol–water partition coefficient (Wildman–Crippen LogP) is 3.77. The van der Waals surface area contributed by atoms with Crippen LogP contribution in [0, 0.1) is 5.92 Å². The summed E-state index contributed by atoms with van der Waals surface area (Å²) in [4.78, 5) is 0. The average Bonchev–Trinajstić information content (AvgIpc) is 2.72. The second-order valence-corrected chi connectivity index (χ2v) is 5.26. The Morgan fingerprint density at radius 1 is 1.29 bits per heavy atom. The normalized spacial score (nSPS) is 20.1. The molecule has 0 radical (unpaired) electrons. The van der Waals surface area contributed by atoms with Gasteiger partial charge in [0.05, 0.1) is 6.26 Å². The average molecular weight is 235 g/mol. The Labute approximate surface area is 105 Å². The van der Waals surface area contributed by atoms with Gasteiger partial charge in [0.15, 0.2) is 0 Å². The fourth-order valence-corrected chi connectivity index (χ4v) is 3.08. The van der Waals surface area contributed by atoms with Crippen molar-refractivity contribution < 1.29 is 4.42 Å². The Bertz CT molecular complexity index is 286. The lowest BCUT2D eigenvalue weighted by Crippen LogP contribution is -2.33. The van der Waals surface area contributed by atoms with E-state index >= 15 is 0 Å². The van der Waals surface area contributed by atoms with Crippen molar-refractivity contribution in [3.8, 4) is 0 Å². The molecule has 96 valence electrons. The van der Waals surface area contributed by atoms with Crippen LogP contribution in [0.5, 0.6) is 0 Å². The zero-order valence-electron chi connectivity index (χ0n) is 11.0. The molecular weight excluding hydrogens is 210 g/mol. The summed E-state index contributed by atoms with van der Waals surface area (Å²) >= 11 is 0. The molecule has 0 amide bonds. The second-order valence-electron chi connectivity index (χ2n) is 5.26. The summed E-state index contributed by atoms with van der Waals surface area (Å²) < 4.78 is 5.41. The van der Waals surface area contributed by atoms with Crippen LogP contribution < -0.4 is 5.32 Å². The highest BCUT2D eigenvalue weighted by Gasteiger charge is 2.21. The largest absolute Gasteiger partial charge is 0.469 e. The van der Waals surface area contributed by atoms with Gasteiger partial charge in [-0.25, -0.2) is 0 Å². The molecule has 1 heterocycles. The Morgan fingerprint density at radius 2 is 2.06 bits per heavy atom. The highest BCUT2D eigenvalue weighted by Crippen LogP contribution is 2.27. The van der Waals surface area contributed by atoms with Crippen molar-refractivity contribution >= 4 is 0 Å². The van der Waals surface area contributed by atoms with E-state index in [0.717, 1.165) is 18.1 Å². The first-order chi connectivity index (χ1) is 8.40. The molecule has 1 aromatic rings. The van der Waals surface area contributed by atoms with Crippen LogP contribution in [0.4, 0.5) is 0 Å². The van der Waals surface area contributed by atoms with Crippen molar-refractivity contribution in [1.29, 1.82) is 0 Å². The topological polar surface area (TPSA) is 25.2 Å². The maximum Gasteiger partial charge on any atom is 0.103 e. The van der Waals surface area contributed by atoms with Crippen LogP contribution in [0.1, 0.15) is 50.7 Å². The first-order valence-corrected chi connectivity index (χ1v) is 7.10. The lowest BCUT2D eigenvalue weighted by atomic mass is 9.89. The van der Waals surface area contributed by atoms with Crippen LogP contribution in [0.2, 0.25) is 0 Å². The van der Waals surface area contributed by atoms with Crippen LogP contribution >= 0.6 is 0 Å². The highest BCUT2D eigenvalue weighted by molar-refractivity contribution is 4.98. The molecule has 1 atom stereocenters. The minimum Gasteiger partial charge on any atom is -0.469 e. The standard InChI is InChI=1S/C15H25NO/c1-16-15(11-10-14-9-6-12-17-14)13-7-4-2-3-5-8-13/h6,9,12-13,15-16H,2-5,7-8,10-11H2,1H3. The van der Waals surface area contributed by atoms with Gasteiger partial charge in [-0.3, -0.25) is 0 Å². The van der Waals surface area contributed by atoms with Crippen LogP contribution in [0.3, 0.4) is 0 Å². The van der Waals surface area contributed by atoms with Gasteiger partial charge >= 0.3 is 0 Å². The molecule has 1 N–H and O–H groups in total. The third kappa shape index (κ3) is 3.88. The van der Waals surface area contributed by atoms with Crippen molar-refractivity contribution in [3.63, 3.8) is 0 Å². The Kier molecular flexibility index (Phi) is 5.11. The predicted molar refractivity (Wildman–Crippen MR) is 71.1 cm³/mol. The minimum absolute atomic E-state index is 0.665. The number of aryl methyl sites for hydroxylation is 1. The van der Waals surface area contributed by atoms with Gasteiger partial charge in [0, 0.05) is 12.5 Å². The highest BCUT2D eigenvalue weighted by atomic mass is 16.3. The molecule has 2 heteroatoms. The van der Waals surface area contributed by atoms with E-state index in [1.807, 2.05) is 6.07 Å². The molecule has 1 unspecified atom stereocenters. The van der Waals surface area contributed by atoms with Gasteiger partial charge in [0.25, 0.3) is 0 Å². The molecule has 0 bridgehead atoms. The van der Waals surface area contributed by atoms with Crippen LogP contribution in [-0.4, -0.2) is 13.1 Å². The Balaban J connectivity index is 1.82. The van der Waals surface area contributed by atoms with Gasteiger partial charge in [-0.1, -0.05) is 25.7 Å². The van der Waals surface area contributed by atoms with Crippen molar-refractivity contribution in [2.24, 2.45) is 5.92 Å². The van der Waals surface area contributed by atoms with Crippen LogP contribution in [-0.2, 0) is 6.42 Å². The number of nitrogens with one attached hydrogen (secondary N) is 1. The number of furan rings is 1. The molecule has 1 aromatic heterocycles. The zero-order chi connectivity index (χ0) is 11.9. The zero-order valence-corrected chi connectivity index (χ0v) is 11.0. The molecule has 0 saturated heterocycles. The summed E-state index contributed by atoms with van der Waals surface area (Å²) in [5.41, 5.74) is 0. The number of hydrogen-bond donors (Lipinski definition) is 1. The van der Waals surface area contributed by atoms with Gasteiger partial charge in [-0.05, 0) is 44.4 Å². The number of hydrogen-bond acceptors (Lipinski definition) is 2. The van der Waals surface area contributed by atoms with Gasteiger partial charge in [0.1, 0.15) is 5.76 Å². The molecule has 1 saturated carbocycles. The monoisotopic (exact) mass is 235 g/mol. The molecule has 1 fully saturated rings. The maximum atomic E-state index is 5.41. The summed E-state index contributed by atoms with van der Waals surface area (Å²) in [7, 11) is 2.11. The van der Waals surface area contributed by atoms with Crippen molar-refractivity contribution in [1.82, 2.24) is 5.32 Å². The quantitative estimate of drug-likeness (QED) is 0.786. The van der Waals surface area contributed by atoms with Gasteiger partial charge < -0.3 is 9.73 Å². The summed E-state index contributed by atoms with van der Waals surface area (Å²) in [6.07, 6.45) is 12.6. The van der Waals surface area contributed by atoms with Gasteiger partial charge in [-0.2, -0.15) is 0 Å². The molecule has 17 heavy (non-hydrogen) atoms. The van der Waals surface area contributed by atoms with E-state index < -0.39 is 0 Å². The summed E-state index contributed by atoms with van der Waals surface area (Å²) in [5.74, 6) is 2.00. The van der Waals surface area contributed by atoms with E-state index in [9.17, 15) is 0 Å². The minimum atomic E-state index is 0.665. The smallest absolute Gasteiger partial charge is 0.103 e. The molecule has 0 aromatic carbocycles. The molecule has 0 aliphatic heterocycles. The fourth-order valence-electron chi connectivity index (χ4n) is 3.08. The van der Waals surface area contributed by atoms with Gasteiger partial charge in [-0.15, -0.1) is 0 Å². The SMILES string of the molecule is CNC(CCc1ccco1)C1CCCCCC1. The molecule has 2 nitrogen and oxygen atoms in total. The van der Waals surface area contributed by atoms with Crippen molar-refractivity contribution in [2.75, 3.05) is 7.05 Å². The van der Waals surface area contributed by atoms with E-state index in [2.05, 4.69) is 18.4 Å². The fraction of sp³-hybridized carbons (Fsp3) is 0.733. The first kappa shape index (κ1) is 12.7. The summed E-state index contributed by atoms with van der Waals surface area (Å²) in [6.45, 7) is 0. The van der Waals surface area contributed by atoms with E-state index in [1.165, 1.54) is 44.9 Å². The van der Waals surface area contributed by atoms with Crippen molar-refractivity contribution in [2.45, 2.75) is 57.4 Å². The maximum absolute atomic E-state index is 5.41. The van der Waals surface area contributed by atoms with E-state index in [0.29, 0.717) is 6.04 Å². The lowest BCUT2D eigenvalue weighted by molar-refractivity contribution is 0.313. The molecule has 1 aliphatic carbocycles. The van der Waals surface area contributed by atoms with Crippen LogP contribution in [0.25, 0.3) is 0 Å². The van der Waals surface area contributed by atoms with E-state index in [1.54, 1.807) is 6.26 Å². The third-order valence-electron chi connectivity index (χ3n) is 4.12. The second kappa shape index (κ2) is 6.85. The lowest BCUT2D eigenvalue weighted by Gasteiger charge is -2.25. The van der Waals surface area contributed by atoms with E-state index in [-0.39, 0.29) is 0 Å². The number of rotatable bonds is 5. The van der Waals surface area contributed by atoms with E-state index in [4.69, 9.17) is 4.42 Å². The van der Waals surface area contributed by atoms with Gasteiger partial charge in [0.2, 0.25) is 0 Å². The third-order valence-corrected chi connectivity index (χ3v) is 4.12. The molecular formula is C15H25NO. The first-order valence-electron chi connectivity index (χ1n) is 7.10. The molecule has 2 rings (SSSR count). The van der Waals surface area contributed by atoms with Crippen LogP contribution in [0.15, 0.2) is 22.8 Å². The van der Waals surface area contributed by atoms with Crippen molar-refractivity contribution in [3.05, 3.63) is 24.2 Å². The molecule has 1 aliphatic rings. The summed E-state index contributed by atoms with van der Waals surface area (Å²) in [6, 6.07) is 4.73. The molecule has 0 spiro atoms.